The summed E-state index contributed by atoms with van der Waals surface area (Å²) in [4.78, 5) is 47.1. The van der Waals surface area contributed by atoms with E-state index in [2.05, 4.69) is 34.1 Å². The molecule has 36 heavy (non-hydrogen) atoms. The SMILES string of the molecule is CN(C)c1ccc(C2c3sc(=O)[nH]c3SC3C2[C@H]2C[C@@H]3C3C(=O)N(c4ccc(F)cc4)C(=O)C32)cc1. The Balaban J connectivity index is 1.31. The third kappa shape index (κ3) is 2.99. The highest BCUT2D eigenvalue weighted by Gasteiger charge is 2.69. The van der Waals surface area contributed by atoms with Crippen molar-refractivity contribution in [2.24, 2.45) is 29.6 Å². The Morgan fingerprint density at radius 1 is 0.944 bits per heavy atom. The van der Waals surface area contributed by atoms with Gasteiger partial charge in [0.25, 0.3) is 0 Å². The molecular formula is C27H24FN3O3S2. The molecule has 2 saturated carbocycles. The normalized spacial score (nSPS) is 32.0. The summed E-state index contributed by atoms with van der Waals surface area (Å²) in [5.41, 5.74) is 2.68. The van der Waals surface area contributed by atoms with Gasteiger partial charge in [-0.3, -0.25) is 19.3 Å². The van der Waals surface area contributed by atoms with E-state index in [1.807, 2.05) is 14.1 Å². The molecule has 9 heteroatoms. The van der Waals surface area contributed by atoms with Crippen molar-refractivity contribution in [1.29, 1.82) is 0 Å². The molecule has 3 aromatic rings. The van der Waals surface area contributed by atoms with E-state index in [9.17, 15) is 18.8 Å². The second-order valence-corrected chi connectivity index (χ2v) is 12.6. The van der Waals surface area contributed by atoms with Gasteiger partial charge in [-0.1, -0.05) is 23.5 Å². The first-order chi connectivity index (χ1) is 17.3. The van der Waals surface area contributed by atoms with E-state index in [0.29, 0.717) is 5.69 Å². The van der Waals surface area contributed by atoms with Crippen LogP contribution in [0.2, 0.25) is 0 Å². The van der Waals surface area contributed by atoms with E-state index in [0.717, 1.165) is 27.6 Å². The Kier molecular flexibility index (Phi) is 4.83. The molecule has 2 aliphatic heterocycles. The molecule has 0 spiro atoms. The standard InChI is InChI=1S/C27H24FN3O3S2/c1-30(2)14-7-3-12(4-8-14)18-19-16-11-17(22(19)35-24-23(18)36-27(34)29-24)21-20(16)25(32)31(26(21)33)15-9-5-13(28)6-10-15/h3-10,16-22H,11H2,1-2H3,(H,29,34)/t16-,17-,18?,19?,20?,21?,22?/m1/s1. The minimum atomic E-state index is -0.399. The lowest BCUT2D eigenvalue weighted by atomic mass is 9.68. The number of rotatable bonds is 3. The van der Waals surface area contributed by atoms with E-state index >= 15 is 0 Å². The molecule has 7 rings (SSSR count). The van der Waals surface area contributed by atoms with Crippen LogP contribution in [0.25, 0.3) is 0 Å². The minimum absolute atomic E-state index is 0.00476. The molecule has 1 saturated heterocycles. The molecule has 4 aliphatic rings. The van der Waals surface area contributed by atoms with Gasteiger partial charge >= 0.3 is 4.87 Å². The zero-order chi connectivity index (χ0) is 24.9. The van der Waals surface area contributed by atoms with E-state index in [-0.39, 0.29) is 57.4 Å². The van der Waals surface area contributed by atoms with E-state index < -0.39 is 5.82 Å². The number of nitrogens with zero attached hydrogens (tertiary/aromatic N) is 2. The largest absolute Gasteiger partial charge is 0.378 e. The molecule has 6 nitrogen and oxygen atoms in total. The minimum Gasteiger partial charge on any atom is -0.378 e. The maximum Gasteiger partial charge on any atom is 0.305 e. The number of thioether (sulfide) groups is 1. The van der Waals surface area contributed by atoms with Crippen LogP contribution in [0.5, 0.6) is 0 Å². The van der Waals surface area contributed by atoms with Crippen molar-refractivity contribution in [3.8, 4) is 0 Å². The third-order valence-electron chi connectivity index (χ3n) is 8.58. The number of nitrogens with one attached hydrogen (secondary N) is 1. The Morgan fingerprint density at radius 2 is 1.61 bits per heavy atom. The molecular weight excluding hydrogens is 497 g/mol. The predicted molar refractivity (Wildman–Crippen MR) is 138 cm³/mol. The molecule has 1 N–H and O–H groups in total. The number of H-pyrrole nitrogens is 1. The summed E-state index contributed by atoms with van der Waals surface area (Å²) < 4.78 is 13.5. The lowest BCUT2D eigenvalue weighted by Gasteiger charge is -2.43. The van der Waals surface area contributed by atoms with Crippen molar-refractivity contribution in [2.45, 2.75) is 22.6 Å². The van der Waals surface area contributed by atoms with Gasteiger partial charge in [-0.15, -0.1) is 11.8 Å². The van der Waals surface area contributed by atoms with Crippen molar-refractivity contribution in [1.82, 2.24) is 4.98 Å². The fraction of sp³-hybridized carbons (Fsp3) is 0.370. The fourth-order valence-corrected chi connectivity index (χ4v) is 10.1. The summed E-state index contributed by atoms with van der Waals surface area (Å²) in [6.07, 6.45) is 0.845. The van der Waals surface area contributed by atoms with Gasteiger partial charge in [0.05, 0.1) is 22.5 Å². The maximum atomic E-state index is 13.7. The number of imide groups is 1. The highest BCUT2D eigenvalue weighted by Crippen LogP contribution is 2.68. The number of aromatic nitrogens is 1. The summed E-state index contributed by atoms with van der Waals surface area (Å²) in [6, 6.07) is 14.1. The Morgan fingerprint density at radius 3 is 2.28 bits per heavy atom. The number of carbonyl (C=O) groups is 2. The third-order valence-corrected chi connectivity index (χ3v) is 11.2. The average Bonchev–Trinajstić information content (AvgIpc) is 3.59. The second-order valence-electron chi connectivity index (χ2n) is 10.4. The molecule has 2 bridgehead atoms. The summed E-state index contributed by atoms with van der Waals surface area (Å²) in [7, 11) is 4.01. The maximum absolute atomic E-state index is 13.7. The fourth-order valence-electron chi connectivity index (χ4n) is 7.21. The van der Waals surface area contributed by atoms with Crippen LogP contribution in [-0.2, 0) is 9.59 Å². The molecule has 5 unspecified atom stereocenters. The number of amides is 2. The van der Waals surface area contributed by atoms with Crippen LogP contribution in [-0.4, -0.2) is 36.1 Å². The Bertz CT molecular complexity index is 1450. The van der Waals surface area contributed by atoms with Gasteiger partial charge in [0.15, 0.2) is 0 Å². The number of fused-ring (bicyclic) bond motifs is 9. The molecule has 7 atom stereocenters. The summed E-state index contributed by atoms with van der Waals surface area (Å²) in [6.45, 7) is 0. The Labute approximate surface area is 215 Å². The number of halogens is 1. The second kappa shape index (κ2) is 7.79. The zero-order valence-electron chi connectivity index (χ0n) is 19.7. The lowest BCUT2D eigenvalue weighted by molar-refractivity contribution is -0.123. The van der Waals surface area contributed by atoms with Crippen molar-refractivity contribution >= 4 is 46.3 Å². The number of hydrogen-bond donors (Lipinski definition) is 1. The smallest absolute Gasteiger partial charge is 0.305 e. The van der Waals surface area contributed by atoms with E-state index in [4.69, 9.17) is 0 Å². The van der Waals surface area contributed by atoms with Crippen LogP contribution in [0.4, 0.5) is 15.8 Å². The van der Waals surface area contributed by atoms with E-state index in [1.54, 1.807) is 11.8 Å². The highest BCUT2D eigenvalue weighted by atomic mass is 32.2. The van der Waals surface area contributed by atoms with Crippen LogP contribution in [0.1, 0.15) is 22.8 Å². The van der Waals surface area contributed by atoms with Crippen LogP contribution < -0.4 is 14.7 Å². The molecule has 2 aromatic carbocycles. The lowest BCUT2D eigenvalue weighted by Crippen LogP contribution is -2.42. The van der Waals surface area contributed by atoms with Gasteiger partial charge in [-0.05, 0) is 66.1 Å². The average molecular weight is 522 g/mol. The van der Waals surface area contributed by atoms with Crippen LogP contribution in [0.15, 0.2) is 58.4 Å². The number of hydrogen-bond acceptors (Lipinski definition) is 6. The molecule has 3 fully saturated rings. The van der Waals surface area contributed by atoms with Gasteiger partial charge in [-0.25, -0.2) is 4.39 Å². The first-order valence-corrected chi connectivity index (χ1v) is 13.8. The molecule has 3 heterocycles. The van der Waals surface area contributed by atoms with Crippen LogP contribution in [0.3, 0.4) is 0 Å². The highest BCUT2D eigenvalue weighted by molar-refractivity contribution is 8.00. The summed E-state index contributed by atoms with van der Waals surface area (Å²) in [5.74, 6) is -1.16. The zero-order valence-corrected chi connectivity index (χ0v) is 21.3. The quantitative estimate of drug-likeness (QED) is 0.520. The van der Waals surface area contributed by atoms with E-state index in [1.165, 1.54) is 40.5 Å². The number of aromatic amines is 1. The first-order valence-electron chi connectivity index (χ1n) is 12.1. The van der Waals surface area contributed by atoms with Gasteiger partial charge in [0.2, 0.25) is 11.8 Å². The molecule has 1 aromatic heterocycles. The summed E-state index contributed by atoms with van der Waals surface area (Å²) >= 11 is 2.95. The van der Waals surface area contributed by atoms with Crippen LogP contribution in [0, 0.1) is 35.4 Å². The van der Waals surface area contributed by atoms with Gasteiger partial charge in [0, 0.05) is 35.8 Å². The van der Waals surface area contributed by atoms with Crippen LogP contribution >= 0.6 is 23.1 Å². The van der Waals surface area contributed by atoms with Gasteiger partial charge in [-0.2, -0.15) is 0 Å². The number of carbonyl (C=O) groups excluding carboxylic acids is 2. The monoisotopic (exact) mass is 521 g/mol. The Hall–Kier alpha value is -2.91. The number of anilines is 2. The van der Waals surface area contributed by atoms with Gasteiger partial charge < -0.3 is 9.88 Å². The van der Waals surface area contributed by atoms with Gasteiger partial charge in [0.1, 0.15) is 5.82 Å². The first kappa shape index (κ1) is 22.3. The molecule has 2 amide bonds. The topological polar surface area (TPSA) is 73.5 Å². The number of thiazole rings is 1. The van der Waals surface area contributed by atoms with Crippen molar-refractivity contribution in [2.75, 3.05) is 23.9 Å². The van der Waals surface area contributed by atoms with Crippen molar-refractivity contribution in [3.63, 3.8) is 0 Å². The summed E-state index contributed by atoms with van der Waals surface area (Å²) in [5, 5.41) is 1.06. The molecule has 2 aliphatic carbocycles. The molecule has 184 valence electrons. The predicted octanol–water partition coefficient (Wildman–Crippen LogP) is 4.32. The molecule has 0 radical (unpaired) electrons. The van der Waals surface area contributed by atoms with Crippen molar-refractivity contribution < 1.29 is 14.0 Å². The van der Waals surface area contributed by atoms with Crippen molar-refractivity contribution in [3.05, 3.63) is 74.5 Å². The number of benzene rings is 2.